The van der Waals surface area contributed by atoms with Crippen LogP contribution in [0.1, 0.15) is 43.7 Å². The third-order valence-corrected chi connectivity index (χ3v) is 6.27. The average molecular weight is 413 g/mol. The zero-order valence-corrected chi connectivity index (χ0v) is 17.9. The third-order valence-electron chi connectivity index (χ3n) is 5.60. The second-order valence-corrected chi connectivity index (χ2v) is 8.61. The van der Waals surface area contributed by atoms with Crippen LogP contribution in [0.15, 0.2) is 60.7 Å². The number of amides is 2. The van der Waals surface area contributed by atoms with Gasteiger partial charge in [0.25, 0.3) is 0 Å². The molecule has 1 aliphatic heterocycles. The van der Waals surface area contributed by atoms with E-state index in [1.165, 1.54) is 0 Å². The minimum Gasteiger partial charge on any atom is -0.353 e. The first-order valence-electron chi connectivity index (χ1n) is 10.2. The fourth-order valence-corrected chi connectivity index (χ4v) is 3.76. The first-order chi connectivity index (χ1) is 13.9. The molecule has 0 aromatic heterocycles. The molecule has 2 amide bonds. The van der Waals surface area contributed by atoms with Gasteiger partial charge in [-0.1, -0.05) is 60.7 Å². The Hall–Kier alpha value is -2.33. The fourth-order valence-electron chi connectivity index (χ4n) is 3.64. The minimum atomic E-state index is -0.583. The molecule has 29 heavy (non-hydrogen) atoms. The number of halogens is 1. The predicted octanol–water partition coefficient (Wildman–Crippen LogP) is 4.19. The number of alkyl halides is 1. The van der Waals surface area contributed by atoms with Crippen molar-refractivity contribution in [3.05, 3.63) is 71.8 Å². The van der Waals surface area contributed by atoms with Crippen molar-refractivity contribution in [1.82, 2.24) is 10.2 Å². The number of benzene rings is 2. The van der Waals surface area contributed by atoms with Crippen molar-refractivity contribution in [3.63, 3.8) is 0 Å². The summed E-state index contributed by atoms with van der Waals surface area (Å²) in [7, 11) is 0. The molecule has 0 aliphatic carbocycles. The van der Waals surface area contributed by atoms with Gasteiger partial charge >= 0.3 is 0 Å². The lowest BCUT2D eigenvalue weighted by Crippen LogP contribution is -2.50. The molecule has 154 valence electrons. The highest BCUT2D eigenvalue weighted by Gasteiger charge is 2.33. The summed E-state index contributed by atoms with van der Waals surface area (Å²) < 4.78 is 0. The van der Waals surface area contributed by atoms with Gasteiger partial charge in [0.1, 0.15) is 0 Å². The van der Waals surface area contributed by atoms with Gasteiger partial charge in [0.05, 0.1) is 11.3 Å². The van der Waals surface area contributed by atoms with Gasteiger partial charge in [-0.25, -0.2) is 0 Å². The van der Waals surface area contributed by atoms with Gasteiger partial charge in [0.15, 0.2) is 0 Å². The molecule has 0 saturated carbocycles. The van der Waals surface area contributed by atoms with Gasteiger partial charge in [-0.15, -0.1) is 11.6 Å². The van der Waals surface area contributed by atoms with Crippen molar-refractivity contribution in [1.29, 1.82) is 0 Å². The van der Waals surface area contributed by atoms with Gasteiger partial charge in [0.2, 0.25) is 11.8 Å². The molecule has 2 aromatic carbocycles. The fraction of sp³-hybridized carbons (Fsp3) is 0.417. The first kappa shape index (κ1) is 21.4. The van der Waals surface area contributed by atoms with Crippen molar-refractivity contribution < 1.29 is 9.59 Å². The van der Waals surface area contributed by atoms with Gasteiger partial charge < -0.3 is 10.2 Å². The van der Waals surface area contributed by atoms with Crippen molar-refractivity contribution in [2.45, 2.75) is 38.6 Å². The average Bonchev–Trinajstić information content (AvgIpc) is 2.76. The number of rotatable bonds is 6. The molecular weight excluding hydrogens is 384 g/mol. The van der Waals surface area contributed by atoms with Crippen molar-refractivity contribution in [3.8, 4) is 0 Å². The zero-order chi connectivity index (χ0) is 20.9. The molecule has 1 heterocycles. The van der Waals surface area contributed by atoms with E-state index in [2.05, 4.69) is 5.32 Å². The summed E-state index contributed by atoms with van der Waals surface area (Å²) >= 11 is 5.91. The molecule has 2 aromatic rings. The molecule has 0 bridgehead atoms. The van der Waals surface area contributed by atoms with Crippen molar-refractivity contribution in [2.75, 3.05) is 19.0 Å². The quantitative estimate of drug-likeness (QED) is 0.723. The topological polar surface area (TPSA) is 49.4 Å². The van der Waals surface area contributed by atoms with E-state index >= 15 is 0 Å². The maximum Gasteiger partial charge on any atom is 0.234 e. The highest BCUT2D eigenvalue weighted by atomic mass is 35.5. The summed E-state index contributed by atoms with van der Waals surface area (Å²) in [6.07, 6.45) is 1.51. The number of carbonyl (C=O) groups is 2. The number of hydrogen-bond acceptors (Lipinski definition) is 2. The Bertz CT molecular complexity index is 776. The number of nitrogens with one attached hydrogen (secondary N) is 1. The van der Waals surface area contributed by atoms with Crippen molar-refractivity contribution in [2.24, 2.45) is 5.41 Å². The number of likely N-dealkylation sites (tertiary alicyclic amines) is 1. The van der Waals surface area contributed by atoms with Gasteiger partial charge in [-0.2, -0.15) is 0 Å². The van der Waals surface area contributed by atoms with Crippen LogP contribution < -0.4 is 5.32 Å². The van der Waals surface area contributed by atoms with Gasteiger partial charge in [0, 0.05) is 25.0 Å². The third kappa shape index (κ3) is 5.18. The molecule has 4 nitrogen and oxygen atoms in total. The highest BCUT2D eigenvalue weighted by Crippen LogP contribution is 2.28. The van der Waals surface area contributed by atoms with Crippen LogP contribution in [0.25, 0.3) is 0 Å². The monoisotopic (exact) mass is 412 g/mol. The van der Waals surface area contributed by atoms with Gasteiger partial charge in [-0.3, -0.25) is 9.59 Å². The Morgan fingerprint density at radius 2 is 1.48 bits per heavy atom. The van der Waals surface area contributed by atoms with E-state index in [1.807, 2.05) is 79.4 Å². The smallest absolute Gasteiger partial charge is 0.234 e. The largest absolute Gasteiger partial charge is 0.353 e. The van der Waals surface area contributed by atoms with E-state index in [0.717, 1.165) is 24.0 Å². The van der Waals surface area contributed by atoms with E-state index in [9.17, 15) is 9.59 Å². The molecule has 3 rings (SSSR count). The van der Waals surface area contributed by atoms with Crippen molar-refractivity contribution >= 4 is 23.4 Å². The summed E-state index contributed by atoms with van der Waals surface area (Å²) in [5.74, 6) is 0.0714. The van der Waals surface area contributed by atoms with E-state index in [1.54, 1.807) is 0 Å². The first-order valence-corrected chi connectivity index (χ1v) is 10.7. The maximum absolute atomic E-state index is 13.5. The van der Waals surface area contributed by atoms with Crippen LogP contribution in [0.3, 0.4) is 0 Å². The molecule has 0 spiro atoms. The molecule has 1 fully saturated rings. The number of piperidine rings is 1. The Morgan fingerprint density at radius 3 is 1.93 bits per heavy atom. The molecular formula is C24H29ClN2O2. The number of hydrogen-bond donors (Lipinski definition) is 1. The lowest BCUT2D eigenvalue weighted by atomic mass is 9.89. The molecule has 5 heteroatoms. The summed E-state index contributed by atoms with van der Waals surface area (Å²) in [6, 6.07) is 19.9. The Balaban J connectivity index is 1.69. The highest BCUT2D eigenvalue weighted by molar-refractivity contribution is 6.19. The van der Waals surface area contributed by atoms with Crippen LogP contribution in [0.5, 0.6) is 0 Å². The number of nitrogens with zero attached hydrogens (tertiary/aromatic N) is 1. The van der Waals surface area contributed by atoms with Crippen LogP contribution in [0.4, 0.5) is 0 Å². The lowest BCUT2D eigenvalue weighted by molar-refractivity contribution is -0.133. The molecule has 1 aliphatic rings. The molecule has 0 radical (unpaired) electrons. The Kier molecular flexibility index (Phi) is 6.96. The van der Waals surface area contributed by atoms with Gasteiger partial charge in [-0.05, 0) is 37.8 Å². The standard InChI is InChI=1S/C24H29ClN2O2/c1-24(2,17-25)23(29)26-20-13-15-27(16-14-20)22(28)21(18-9-5-3-6-10-18)19-11-7-4-8-12-19/h3-12,20-21H,13-17H2,1-2H3,(H,26,29). The van der Waals surface area contributed by atoms with E-state index in [0.29, 0.717) is 13.1 Å². The van der Waals surface area contributed by atoms with Crippen LogP contribution in [0, 0.1) is 5.41 Å². The van der Waals surface area contributed by atoms with E-state index < -0.39 is 5.41 Å². The van der Waals surface area contributed by atoms with E-state index in [-0.39, 0.29) is 29.7 Å². The summed E-state index contributed by atoms with van der Waals surface area (Å²) in [5.41, 5.74) is 1.42. The minimum absolute atomic E-state index is 0.0243. The number of carbonyl (C=O) groups excluding carboxylic acids is 2. The molecule has 1 N–H and O–H groups in total. The normalized spacial score (nSPS) is 15.4. The van der Waals surface area contributed by atoms with Crippen LogP contribution in [-0.2, 0) is 9.59 Å². The SMILES string of the molecule is CC(C)(CCl)C(=O)NC1CCN(C(=O)C(c2ccccc2)c2ccccc2)CC1. The second kappa shape index (κ2) is 9.45. The molecule has 1 saturated heterocycles. The summed E-state index contributed by atoms with van der Waals surface area (Å²) in [4.78, 5) is 27.8. The van der Waals surface area contributed by atoms with Crippen LogP contribution in [0.2, 0.25) is 0 Å². The summed E-state index contributed by atoms with van der Waals surface area (Å²) in [6.45, 7) is 4.97. The maximum atomic E-state index is 13.5. The second-order valence-electron chi connectivity index (χ2n) is 8.34. The molecule has 0 unspecified atom stereocenters. The van der Waals surface area contributed by atoms with Crippen LogP contribution in [-0.4, -0.2) is 41.7 Å². The lowest BCUT2D eigenvalue weighted by Gasteiger charge is -2.36. The Labute approximate surface area is 178 Å². The Morgan fingerprint density at radius 1 is 1.00 bits per heavy atom. The van der Waals surface area contributed by atoms with Crippen LogP contribution >= 0.6 is 11.6 Å². The zero-order valence-electron chi connectivity index (χ0n) is 17.1. The molecule has 0 atom stereocenters. The van der Waals surface area contributed by atoms with E-state index in [4.69, 9.17) is 11.6 Å². The summed E-state index contributed by atoms with van der Waals surface area (Å²) in [5, 5.41) is 3.10. The predicted molar refractivity (Wildman–Crippen MR) is 117 cm³/mol.